The Labute approximate surface area is 472 Å². The lowest BCUT2D eigenvalue weighted by atomic mass is 10.0. The summed E-state index contributed by atoms with van der Waals surface area (Å²) in [5.74, 6) is -4.42. The second-order valence-corrected chi connectivity index (χ2v) is 22.0. The van der Waals surface area contributed by atoms with E-state index in [1.807, 2.05) is 0 Å². The first-order chi connectivity index (χ1) is 37.8. The van der Waals surface area contributed by atoms with Crippen LogP contribution in [0.4, 0.5) is 0 Å². The van der Waals surface area contributed by atoms with Crippen LogP contribution in [0.1, 0.15) is 290 Å². The largest absolute Gasteiger partial charge is 0.480 e. The number of unbranched alkanes of at least 4 members (excludes halogenated alkanes) is 27. The van der Waals surface area contributed by atoms with Gasteiger partial charge in [0.2, 0.25) is 23.6 Å². The van der Waals surface area contributed by atoms with Gasteiger partial charge in [0.1, 0.15) is 24.8 Å². The monoisotopic (exact) mass is 1110 g/mol. The van der Waals surface area contributed by atoms with Crippen molar-refractivity contribution in [1.82, 2.24) is 21.3 Å². The number of esters is 2. The van der Waals surface area contributed by atoms with Crippen molar-refractivity contribution in [1.29, 1.82) is 0 Å². The van der Waals surface area contributed by atoms with Crippen molar-refractivity contribution in [3.8, 4) is 0 Å². The highest BCUT2D eigenvalue weighted by atomic mass is 16.5. The molecule has 0 saturated carbocycles. The Morgan fingerprint density at radius 3 is 1.38 bits per heavy atom. The molecule has 0 unspecified atom stereocenters. The molecule has 0 fully saturated rings. The molecule has 0 aromatic carbocycles. The maximum absolute atomic E-state index is 13.9. The van der Waals surface area contributed by atoms with E-state index in [9.17, 15) is 43.8 Å². The third kappa shape index (κ3) is 47.0. The van der Waals surface area contributed by atoms with Gasteiger partial charge in [-0.25, -0.2) is 4.79 Å². The Hall–Kier alpha value is -3.83. The average molecular weight is 1110 g/mol. The highest BCUT2D eigenvalue weighted by molar-refractivity contribution is 5.93. The van der Waals surface area contributed by atoms with Crippen LogP contribution in [-0.4, -0.2) is 108 Å². The molecule has 0 radical (unpaired) electrons. The van der Waals surface area contributed by atoms with E-state index >= 15 is 0 Å². The van der Waals surface area contributed by atoms with Gasteiger partial charge in [0, 0.05) is 19.4 Å². The molecule has 0 bridgehead atoms. The average Bonchev–Trinajstić information content (AvgIpc) is 3.40. The first-order valence-electron chi connectivity index (χ1n) is 31.6. The molecule has 456 valence electrons. The molecular formula is C61H116N6O11. The molecule has 10 N–H and O–H groups in total. The molecule has 0 saturated heterocycles. The van der Waals surface area contributed by atoms with Crippen LogP contribution >= 0.6 is 0 Å². The highest BCUT2D eigenvalue weighted by Gasteiger charge is 2.29. The Morgan fingerprint density at radius 1 is 0.436 bits per heavy atom. The number of ether oxygens (including phenoxy) is 2. The van der Waals surface area contributed by atoms with E-state index in [0.717, 1.165) is 77.0 Å². The number of nitrogens with one attached hydrogen (secondary N) is 4. The SMILES string of the molecule is CCCCCCCCCCCC(=O)O[C@H](CCCCCCCCCCC)CC(=O)N[C@H](CC(=O)N[C@@H](CCCCN)C(=O)O)C(=O)NCCC[C@H](COC(=O)CCCCCN)NC(=O)C[C@H](O)CCCCCCCCCCC. The van der Waals surface area contributed by atoms with E-state index in [4.69, 9.17) is 20.9 Å². The summed E-state index contributed by atoms with van der Waals surface area (Å²) in [5, 5.41) is 31.5. The fraction of sp³-hybridized carbons (Fsp3) is 0.885. The summed E-state index contributed by atoms with van der Waals surface area (Å²) in [7, 11) is 0. The summed E-state index contributed by atoms with van der Waals surface area (Å²) >= 11 is 0. The van der Waals surface area contributed by atoms with Gasteiger partial charge in [0.15, 0.2) is 0 Å². The topological polar surface area (TPSA) is 279 Å². The number of aliphatic carboxylic acids is 1. The van der Waals surface area contributed by atoms with Crippen LogP contribution in [0, 0.1) is 0 Å². The fourth-order valence-corrected chi connectivity index (χ4v) is 9.60. The van der Waals surface area contributed by atoms with E-state index in [-0.39, 0.29) is 63.6 Å². The van der Waals surface area contributed by atoms with Crippen molar-refractivity contribution < 1.29 is 53.2 Å². The van der Waals surface area contributed by atoms with E-state index in [0.29, 0.717) is 58.0 Å². The summed E-state index contributed by atoms with van der Waals surface area (Å²) in [6, 6.07) is -3.25. The minimum atomic E-state index is -1.40. The van der Waals surface area contributed by atoms with Crippen molar-refractivity contribution in [3.05, 3.63) is 0 Å². The maximum Gasteiger partial charge on any atom is 0.326 e. The molecule has 0 rings (SSSR count). The second-order valence-electron chi connectivity index (χ2n) is 22.0. The predicted octanol–water partition coefficient (Wildman–Crippen LogP) is 10.8. The molecule has 4 amide bonds. The number of carbonyl (C=O) groups is 7. The third-order valence-corrected chi connectivity index (χ3v) is 14.4. The molecule has 0 aliphatic heterocycles. The number of carbonyl (C=O) groups excluding carboxylic acids is 6. The third-order valence-electron chi connectivity index (χ3n) is 14.4. The van der Waals surface area contributed by atoms with Gasteiger partial charge in [-0.05, 0) is 83.7 Å². The zero-order valence-corrected chi connectivity index (χ0v) is 49.6. The zero-order valence-electron chi connectivity index (χ0n) is 49.6. The van der Waals surface area contributed by atoms with Crippen LogP contribution in [0.25, 0.3) is 0 Å². The van der Waals surface area contributed by atoms with E-state index in [1.54, 1.807) is 0 Å². The van der Waals surface area contributed by atoms with E-state index in [2.05, 4.69) is 42.0 Å². The first-order valence-corrected chi connectivity index (χ1v) is 31.6. The summed E-state index contributed by atoms with van der Waals surface area (Å²) in [6.45, 7) is 7.45. The van der Waals surface area contributed by atoms with Crippen LogP contribution < -0.4 is 32.7 Å². The number of rotatable bonds is 57. The van der Waals surface area contributed by atoms with Gasteiger partial charge < -0.3 is 52.4 Å². The van der Waals surface area contributed by atoms with Crippen molar-refractivity contribution in [3.63, 3.8) is 0 Å². The molecule has 17 nitrogen and oxygen atoms in total. The van der Waals surface area contributed by atoms with Crippen molar-refractivity contribution in [2.75, 3.05) is 26.2 Å². The minimum absolute atomic E-state index is 0.0575. The normalized spacial score (nSPS) is 13.2. The molecule has 0 aromatic heterocycles. The smallest absolute Gasteiger partial charge is 0.326 e. The maximum atomic E-state index is 13.9. The second kappa shape index (κ2) is 53.8. The van der Waals surface area contributed by atoms with Crippen LogP contribution in [0.3, 0.4) is 0 Å². The van der Waals surface area contributed by atoms with Gasteiger partial charge in [-0.3, -0.25) is 28.8 Å². The van der Waals surface area contributed by atoms with Gasteiger partial charge in [0.25, 0.3) is 0 Å². The molecule has 0 heterocycles. The van der Waals surface area contributed by atoms with Gasteiger partial charge in [-0.2, -0.15) is 0 Å². The number of carboxylic acid groups (broad SMARTS) is 1. The first kappa shape index (κ1) is 74.2. The van der Waals surface area contributed by atoms with E-state index < -0.39 is 66.4 Å². The lowest BCUT2D eigenvalue weighted by molar-refractivity contribution is -0.151. The highest BCUT2D eigenvalue weighted by Crippen LogP contribution is 2.18. The summed E-state index contributed by atoms with van der Waals surface area (Å²) in [6.07, 6.45) is 33.0. The molecule has 78 heavy (non-hydrogen) atoms. The Kier molecular flexibility index (Phi) is 51.2. The lowest BCUT2D eigenvalue weighted by Gasteiger charge is -2.23. The number of hydrogen-bond donors (Lipinski definition) is 8. The number of carboxylic acids is 1. The fourth-order valence-electron chi connectivity index (χ4n) is 9.60. The molecule has 0 aromatic rings. The van der Waals surface area contributed by atoms with Gasteiger partial charge in [0.05, 0.1) is 31.4 Å². The van der Waals surface area contributed by atoms with Crippen LogP contribution in [0.5, 0.6) is 0 Å². The number of aliphatic hydroxyl groups excluding tert-OH is 1. The van der Waals surface area contributed by atoms with Gasteiger partial charge in [-0.15, -0.1) is 0 Å². The number of hydrogen-bond acceptors (Lipinski definition) is 12. The quantitative estimate of drug-likeness (QED) is 0.0208. The van der Waals surface area contributed by atoms with E-state index in [1.165, 1.54) is 103 Å². The number of amides is 4. The van der Waals surface area contributed by atoms with Gasteiger partial charge >= 0.3 is 17.9 Å². The van der Waals surface area contributed by atoms with Crippen molar-refractivity contribution in [2.24, 2.45) is 11.5 Å². The Balaban J connectivity index is 5.97. The standard InChI is InChI=1S/C61H116N6O11/c1-4-7-10-13-16-19-22-25-29-38-51(68)46-55(69)65-50(49-77-58(72)41-32-28-34-43-62)37-36-45-64-60(74)54(48-57(71)66-53(61(75)76)40-33-35-44-63)67-56(70)47-52(39-30-26-23-20-17-14-11-8-5-2)78-59(73)42-31-27-24-21-18-15-12-9-6-3/h50-54,68H,4-49,62-63H2,1-3H3,(H,64,74)(H,65,69)(H,66,71)(H,67,70)(H,75,76)/t50-,51-,52-,53+,54-/m1/s1. The van der Waals surface area contributed by atoms with Gasteiger partial charge in [-0.1, -0.05) is 188 Å². The zero-order chi connectivity index (χ0) is 57.7. The molecule has 0 aliphatic rings. The Morgan fingerprint density at radius 2 is 0.859 bits per heavy atom. The summed E-state index contributed by atoms with van der Waals surface area (Å²) in [4.78, 5) is 92.3. The van der Waals surface area contributed by atoms with Crippen LogP contribution in [0.2, 0.25) is 0 Å². The van der Waals surface area contributed by atoms with Crippen LogP contribution in [0.15, 0.2) is 0 Å². The summed E-state index contributed by atoms with van der Waals surface area (Å²) < 4.78 is 11.5. The Bertz CT molecular complexity index is 1520. The van der Waals surface area contributed by atoms with Crippen molar-refractivity contribution >= 4 is 41.5 Å². The molecular weight excluding hydrogens is 993 g/mol. The molecule has 0 spiro atoms. The number of aliphatic hydroxyl groups is 1. The predicted molar refractivity (Wildman–Crippen MR) is 312 cm³/mol. The lowest BCUT2D eigenvalue weighted by Crippen LogP contribution is -2.51. The molecule has 17 heteroatoms. The summed E-state index contributed by atoms with van der Waals surface area (Å²) in [5.41, 5.74) is 11.2. The minimum Gasteiger partial charge on any atom is -0.480 e. The van der Waals surface area contributed by atoms with Crippen LogP contribution in [-0.2, 0) is 43.0 Å². The molecule has 5 atom stereocenters. The van der Waals surface area contributed by atoms with Crippen molar-refractivity contribution in [2.45, 2.75) is 321 Å². The number of nitrogens with two attached hydrogens (primary N) is 2. The molecule has 0 aliphatic carbocycles.